The maximum Gasteiger partial charge on any atom is 0.206 e. The standard InChI is InChI=1S/C16H20N2O2/c1-10-6-11(2)8-13(7-10)18-12(3)9-14(19)15(17-18)16(4,5)20/h6-9,20H,1-5H3. The molecule has 4 heteroatoms. The Hall–Kier alpha value is -1.94. The van der Waals surface area contributed by atoms with Crippen molar-refractivity contribution in [2.24, 2.45) is 0 Å². The summed E-state index contributed by atoms with van der Waals surface area (Å²) in [7, 11) is 0. The zero-order valence-corrected chi connectivity index (χ0v) is 12.6. The van der Waals surface area contributed by atoms with E-state index in [0.717, 1.165) is 22.5 Å². The lowest BCUT2D eigenvalue weighted by Gasteiger charge is -2.19. The molecule has 2 rings (SSSR count). The zero-order chi connectivity index (χ0) is 15.1. The molecule has 0 unspecified atom stereocenters. The van der Waals surface area contributed by atoms with Gasteiger partial charge in [0.05, 0.1) is 5.69 Å². The van der Waals surface area contributed by atoms with Crippen molar-refractivity contribution in [3.05, 3.63) is 57.0 Å². The number of benzene rings is 1. The Morgan fingerprint density at radius 2 is 1.60 bits per heavy atom. The van der Waals surface area contributed by atoms with Crippen LogP contribution in [0, 0.1) is 20.8 Å². The van der Waals surface area contributed by atoms with Gasteiger partial charge < -0.3 is 5.11 Å². The molecule has 0 atom stereocenters. The molecule has 0 saturated heterocycles. The number of hydrogen-bond donors (Lipinski definition) is 1. The minimum absolute atomic E-state index is 0.155. The maximum absolute atomic E-state index is 12.0. The van der Waals surface area contributed by atoms with Gasteiger partial charge in [-0.05, 0) is 57.9 Å². The second-order valence-electron chi connectivity index (χ2n) is 5.82. The zero-order valence-electron chi connectivity index (χ0n) is 12.6. The molecular weight excluding hydrogens is 252 g/mol. The Labute approximate surface area is 118 Å². The van der Waals surface area contributed by atoms with E-state index in [1.54, 1.807) is 18.5 Å². The first-order valence-electron chi connectivity index (χ1n) is 6.61. The molecule has 20 heavy (non-hydrogen) atoms. The summed E-state index contributed by atoms with van der Waals surface area (Å²) in [4.78, 5) is 12.0. The van der Waals surface area contributed by atoms with Crippen LogP contribution < -0.4 is 5.43 Å². The molecule has 0 bridgehead atoms. The first kappa shape index (κ1) is 14.5. The van der Waals surface area contributed by atoms with E-state index < -0.39 is 5.60 Å². The number of aryl methyl sites for hydroxylation is 3. The third-order valence-electron chi connectivity index (χ3n) is 3.14. The van der Waals surface area contributed by atoms with Gasteiger partial charge in [-0.1, -0.05) is 6.07 Å². The van der Waals surface area contributed by atoms with Crippen molar-refractivity contribution in [2.45, 2.75) is 40.2 Å². The highest BCUT2D eigenvalue weighted by atomic mass is 16.3. The van der Waals surface area contributed by atoms with Gasteiger partial charge in [-0.3, -0.25) is 4.79 Å². The van der Waals surface area contributed by atoms with Crippen LogP contribution in [0.15, 0.2) is 29.1 Å². The molecular formula is C16H20N2O2. The van der Waals surface area contributed by atoms with E-state index >= 15 is 0 Å². The molecule has 0 saturated carbocycles. The van der Waals surface area contributed by atoms with E-state index in [1.807, 2.05) is 32.9 Å². The van der Waals surface area contributed by atoms with Gasteiger partial charge in [0.1, 0.15) is 11.3 Å². The van der Waals surface area contributed by atoms with Crippen LogP contribution in [0.4, 0.5) is 0 Å². The molecule has 0 aliphatic carbocycles. The van der Waals surface area contributed by atoms with Gasteiger partial charge in [0.2, 0.25) is 5.43 Å². The average Bonchev–Trinajstić information content (AvgIpc) is 2.25. The van der Waals surface area contributed by atoms with Crippen molar-refractivity contribution in [1.29, 1.82) is 0 Å². The fourth-order valence-electron chi connectivity index (χ4n) is 2.31. The predicted octanol–water partition coefficient (Wildman–Crippen LogP) is 2.39. The van der Waals surface area contributed by atoms with Crippen molar-refractivity contribution in [1.82, 2.24) is 9.78 Å². The fraction of sp³-hybridized carbons (Fsp3) is 0.375. The second kappa shape index (κ2) is 4.87. The largest absolute Gasteiger partial charge is 0.384 e. The third-order valence-corrected chi connectivity index (χ3v) is 3.14. The van der Waals surface area contributed by atoms with Crippen LogP contribution in [-0.2, 0) is 5.60 Å². The number of nitrogens with zero attached hydrogens (tertiary/aromatic N) is 2. The fourth-order valence-corrected chi connectivity index (χ4v) is 2.31. The maximum atomic E-state index is 12.0. The van der Waals surface area contributed by atoms with Crippen LogP contribution in [0.1, 0.15) is 36.4 Å². The summed E-state index contributed by atoms with van der Waals surface area (Å²) < 4.78 is 1.70. The molecule has 0 amide bonds. The van der Waals surface area contributed by atoms with E-state index in [-0.39, 0.29) is 11.1 Å². The highest BCUT2D eigenvalue weighted by molar-refractivity contribution is 5.40. The summed E-state index contributed by atoms with van der Waals surface area (Å²) in [6.07, 6.45) is 0. The van der Waals surface area contributed by atoms with Crippen LogP contribution in [0.5, 0.6) is 0 Å². The molecule has 0 aliphatic heterocycles. The Bertz CT molecular complexity index is 689. The molecule has 1 N–H and O–H groups in total. The number of hydrogen-bond acceptors (Lipinski definition) is 3. The number of rotatable bonds is 2. The summed E-state index contributed by atoms with van der Waals surface area (Å²) in [6, 6.07) is 7.60. The lowest BCUT2D eigenvalue weighted by Crippen LogP contribution is -2.30. The normalized spacial score (nSPS) is 11.7. The number of aromatic nitrogens is 2. The summed E-state index contributed by atoms with van der Waals surface area (Å²) in [5.74, 6) is 0. The van der Waals surface area contributed by atoms with E-state index in [9.17, 15) is 9.90 Å². The minimum atomic E-state index is -1.26. The predicted molar refractivity (Wildman–Crippen MR) is 79.3 cm³/mol. The van der Waals surface area contributed by atoms with Crippen LogP contribution in [0.25, 0.3) is 5.69 Å². The molecule has 0 spiro atoms. The van der Waals surface area contributed by atoms with E-state index in [1.165, 1.54) is 6.07 Å². The first-order valence-corrected chi connectivity index (χ1v) is 6.61. The third kappa shape index (κ3) is 2.80. The molecule has 106 valence electrons. The van der Waals surface area contributed by atoms with Crippen LogP contribution in [0.3, 0.4) is 0 Å². The Morgan fingerprint density at radius 1 is 1.05 bits per heavy atom. The smallest absolute Gasteiger partial charge is 0.206 e. The second-order valence-corrected chi connectivity index (χ2v) is 5.82. The van der Waals surface area contributed by atoms with Gasteiger partial charge in [0.25, 0.3) is 0 Å². The molecule has 1 heterocycles. The van der Waals surface area contributed by atoms with Gasteiger partial charge in [-0.15, -0.1) is 0 Å². The molecule has 0 radical (unpaired) electrons. The van der Waals surface area contributed by atoms with Crippen molar-refractivity contribution in [3.63, 3.8) is 0 Å². The molecule has 1 aromatic carbocycles. The summed E-state index contributed by atoms with van der Waals surface area (Å²) in [5.41, 5.74) is 2.55. The van der Waals surface area contributed by atoms with Crippen molar-refractivity contribution in [2.75, 3.05) is 0 Å². The van der Waals surface area contributed by atoms with E-state index in [2.05, 4.69) is 11.2 Å². The lowest BCUT2D eigenvalue weighted by molar-refractivity contribution is 0.0709. The first-order chi connectivity index (χ1) is 9.18. The van der Waals surface area contributed by atoms with Gasteiger partial charge in [-0.2, -0.15) is 5.10 Å². The minimum Gasteiger partial charge on any atom is -0.384 e. The Kier molecular flexibility index (Phi) is 3.52. The van der Waals surface area contributed by atoms with Crippen LogP contribution in [-0.4, -0.2) is 14.9 Å². The highest BCUT2D eigenvalue weighted by Crippen LogP contribution is 2.17. The molecule has 2 aromatic rings. The van der Waals surface area contributed by atoms with Crippen molar-refractivity contribution >= 4 is 0 Å². The highest BCUT2D eigenvalue weighted by Gasteiger charge is 2.23. The van der Waals surface area contributed by atoms with Gasteiger partial charge in [0, 0.05) is 11.8 Å². The topological polar surface area (TPSA) is 55.1 Å². The van der Waals surface area contributed by atoms with Gasteiger partial charge >= 0.3 is 0 Å². The van der Waals surface area contributed by atoms with Crippen molar-refractivity contribution < 1.29 is 5.11 Å². The van der Waals surface area contributed by atoms with E-state index in [0.29, 0.717) is 0 Å². The molecule has 1 aromatic heterocycles. The van der Waals surface area contributed by atoms with Gasteiger partial charge in [-0.25, -0.2) is 4.68 Å². The molecule has 0 aliphatic rings. The summed E-state index contributed by atoms with van der Waals surface area (Å²) in [6.45, 7) is 9.01. The summed E-state index contributed by atoms with van der Waals surface area (Å²) in [5, 5.41) is 14.4. The quantitative estimate of drug-likeness (QED) is 0.913. The van der Waals surface area contributed by atoms with Crippen molar-refractivity contribution in [3.8, 4) is 5.69 Å². The number of aliphatic hydroxyl groups is 1. The summed E-state index contributed by atoms with van der Waals surface area (Å²) >= 11 is 0. The average molecular weight is 272 g/mol. The van der Waals surface area contributed by atoms with Gasteiger partial charge in [0.15, 0.2) is 0 Å². The van der Waals surface area contributed by atoms with E-state index in [4.69, 9.17) is 0 Å². The van der Waals surface area contributed by atoms with Crippen LogP contribution in [0.2, 0.25) is 0 Å². The Morgan fingerprint density at radius 3 is 2.10 bits per heavy atom. The SMILES string of the molecule is Cc1cc(C)cc(-n2nc(C(C)(C)O)c(=O)cc2C)c1. The monoisotopic (exact) mass is 272 g/mol. The van der Waals surface area contributed by atoms with Crippen LogP contribution >= 0.6 is 0 Å². The lowest BCUT2D eigenvalue weighted by atomic mass is 10.0. The molecule has 4 nitrogen and oxygen atoms in total. The Balaban J connectivity index is 2.71. The molecule has 0 fully saturated rings.